The number of hydrogen-bond acceptors (Lipinski definition) is 2. The fourth-order valence-electron chi connectivity index (χ4n) is 3.52. The van der Waals surface area contributed by atoms with Crippen LogP contribution in [-0.2, 0) is 5.41 Å². The molecule has 0 spiro atoms. The van der Waals surface area contributed by atoms with Gasteiger partial charge >= 0.3 is 6.03 Å². The molecule has 2 amide bonds. The molecule has 1 aliphatic rings. The van der Waals surface area contributed by atoms with Crippen LogP contribution in [-0.4, -0.2) is 37.6 Å². The number of nitrogens with one attached hydrogen (secondary N) is 2. The van der Waals surface area contributed by atoms with E-state index in [4.69, 9.17) is 0 Å². The molecule has 2 rings (SSSR count). The lowest BCUT2D eigenvalue weighted by atomic mass is 9.84. The van der Waals surface area contributed by atoms with Crippen molar-refractivity contribution in [1.82, 2.24) is 10.2 Å². The van der Waals surface area contributed by atoms with E-state index >= 15 is 0 Å². The highest BCUT2D eigenvalue weighted by molar-refractivity contribution is 5.91. The van der Waals surface area contributed by atoms with Crippen molar-refractivity contribution in [3.05, 3.63) is 29.3 Å². The molecule has 1 aromatic carbocycles. The first-order valence-electron chi connectivity index (χ1n) is 9.11. The lowest BCUT2D eigenvalue weighted by molar-refractivity contribution is 0.201. The van der Waals surface area contributed by atoms with Crippen LogP contribution in [0.2, 0.25) is 0 Å². The number of para-hydroxylation sites is 1. The highest BCUT2D eigenvalue weighted by atomic mass is 16.2. The van der Waals surface area contributed by atoms with Gasteiger partial charge in [-0.25, -0.2) is 4.79 Å². The summed E-state index contributed by atoms with van der Waals surface area (Å²) in [5.41, 5.74) is 3.22. The van der Waals surface area contributed by atoms with Crippen molar-refractivity contribution in [3.63, 3.8) is 0 Å². The van der Waals surface area contributed by atoms with E-state index in [0.29, 0.717) is 5.92 Å². The summed E-state index contributed by atoms with van der Waals surface area (Å²) in [5, 5.41) is 6.10. The topological polar surface area (TPSA) is 44.4 Å². The molecule has 1 heterocycles. The van der Waals surface area contributed by atoms with Gasteiger partial charge in [-0.05, 0) is 62.2 Å². The lowest BCUT2D eigenvalue weighted by Crippen LogP contribution is -2.36. The van der Waals surface area contributed by atoms with E-state index in [-0.39, 0.29) is 11.4 Å². The minimum absolute atomic E-state index is 0.00130. The lowest BCUT2D eigenvalue weighted by Gasteiger charge is -2.29. The number of aryl methyl sites for hydroxylation is 1. The van der Waals surface area contributed by atoms with Crippen LogP contribution in [0, 0.1) is 12.8 Å². The van der Waals surface area contributed by atoms with Gasteiger partial charge in [-0.3, -0.25) is 0 Å². The summed E-state index contributed by atoms with van der Waals surface area (Å²) >= 11 is 0. The minimum atomic E-state index is -0.0982. The Balaban J connectivity index is 1.89. The second kappa shape index (κ2) is 8.02. The van der Waals surface area contributed by atoms with Gasteiger partial charge in [0.15, 0.2) is 0 Å². The van der Waals surface area contributed by atoms with Gasteiger partial charge in [0.25, 0.3) is 0 Å². The summed E-state index contributed by atoms with van der Waals surface area (Å²) in [6, 6.07) is 6.10. The standard InChI is InChI=1S/C20H33N3O/c1-15-8-6-10-17(20(2,3)4)18(15)22-19(24)21-12-11-16-9-7-13-23(5)14-16/h6,8,10,16H,7,9,11-14H2,1-5H3,(H2,21,22,24)/t16-/m1/s1. The van der Waals surface area contributed by atoms with Gasteiger partial charge in [0.05, 0.1) is 0 Å². The molecule has 4 heteroatoms. The summed E-state index contributed by atoms with van der Waals surface area (Å²) < 4.78 is 0. The Kier molecular flexibility index (Phi) is 6.27. The number of piperidine rings is 1. The van der Waals surface area contributed by atoms with E-state index in [0.717, 1.165) is 30.8 Å². The molecular weight excluding hydrogens is 298 g/mol. The molecule has 2 N–H and O–H groups in total. The van der Waals surface area contributed by atoms with Gasteiger partial charge in [-0.15, -0.1) is 0 Å². The van der Waals surface area contributed by atoms with Crippen LogP contribution in [0.3, 0.4) is 0 Å². The second-order valence-corrected chi connectivity index (χ2v) is 8.19. The summed E-state index contributed by atoms with van der Waals surface area (Å²) in [7, 11) is 2.18. The average molecular weight is 332 g/mol. The van der Waals surface area contributed by atoms with Crippen molar-refractivity contribution < 1.29 is 4.79 Å². The highest BCUT2D eigenvalue weighted by Crippen LogP contribution is 2.31. The molecule has 0 bridgehead atoms. The molecule has 0 aliphatic carbocycles. The molecule has 0 radical (unpaired) electrons. The van der Waals surface area contributed by atoms with Crippen LogP contribution in [0.25, 0.3) is 0 Å². The van der Waals surface area contributed by atoms with E-state index in [2.05, 4.69) is 55.5 Å². The minimum Gasteiger partial charge on any atom is -0.338 e. The zero-order valence-corrected chi connectivity index (χ0v) is 15.9. The van der Waals surface area contributed by atoms with Crippen LogP contribution in [0.15, 0.2) is 18.2 Å². The maximum atomic E-state index is 12.3. The number of carbonyl (C=O) groups is 1. The van der Waals surface area contributed by atoms with E-state index in [9.17, 15) is 4.79 Å². The first kappa shape index (κ1) is 18.8. The van der Waals surface area contributed by atoms with Crippen molar-refractivity contribution in [2.24, 2.45) is 5.92 Å². The van der Waals surface area contributed by atoms with Crippen LogP contribution in [0.5, 0.6) is 0 Å². The normalized spacial score (nSPS) is 19.1. The highest BCUT2D eigenvalue weighted by Gasteiger charge is 2.21. The zero-order chi connectivity index (χ0) is 17.7. The van der Waals surface area contributed by atoms with Crippen LogP contribution >= 0.6 is 0 Å². The number of amides is 2. The molecule has 0 aromatic heterocycles. The van der Waals surface area contributed by atoms with Gasteiger partial charge in [0, 0.05) is 18.8 Å². The first-order chi connectivity index (χ1) is 11.3. The molecule has 134 valence electrons. The second-order valence-electron chi connectivity index (χ2n) is 8.19. The van der Waals surface area contributed by atoms with Gasteiger partial charge in [0.2, 0.25) is 0 Å². The third-order valence-electron chi connectivity index (χ3n) is 4.88. The predicted octanol–water partition coefficient (Wildman–Crippen LogP) is 4.15. The monoisotopic (exact) mass is 331 g/mol. The molecule has 24 heavy (non-hydrogen) atoms. The van der Waals surface area contributed by atoms with Gasteiger partial charge in [-0.2, -0.15) is 0 Å². The van der Waals surface area contributed by atoms with Crippen molar-refractivity contribution in [2.45, 2.75) is 52.4 Å². The fraction of sp³-hybridized carbons (Fsp3) is 0.650. The number of urea groups is 1. The van der Waals surface area contributed by atoms with Crippen LogP contribution in [0.4, 0.5) is 10.5 Å². The van der Waals surface area contributed by atoms with Crippen LogP contribution in [0.1, 0.15) is 51.2 Å². The Morgan fingerprint density at radius 2 is 2.08 bits per heavy atom. The molecule has 1 saturated heterocycles. The van der Waals surface area contributed by atoms with Crippen molar-refractivity contribution >= 4 is 11.7 Å². The Bertz CT molecular complexity index is 562. The van der Waals surface area contributed by atoms with Crippen molar-refractivity contribution in [3.8, 4) is 0 Å². The number of nitrogens with zero attached hydrogens (tertiary/aromatic N) is 1. The number of hydrogen-bond donors (Lipinski definition) is 2. The third kappa shape index (κ3) is 5.23. The Hall–Kier alpha value is -1.55. The summed E-state index contributed by atoms with van der Waals surface area (Å²) in [6.45, 7) is 11.6. The molecule has 1 aromatic rings. The molecule has 1 aliphatic heterocycles. The molecular formula is C20H33N3O. The Labute approximate surface area is 147 Å². The van der Waals surface area contributed by atoms with Crippen molar-refractivity contribution in [1.29, 1.82) is 0 Å². The smallest absolute Gasteiger partial charge is 0.319 e. The summed E-state index contributed by atoms with van der Waals surface area (Å²) in [6.07, 6.45) is 3.60. The number of likely N-dealkylation sites (tertiary alicyclic amines) is 1. The van der Waals surface area contributed by atoms with E-state index in [1.165, 1.54) is 24.9 Å². The van der Waals surface area contributed by atoms with E-state index in [1.54, 1.807) is 0 Å². The number of rotatable bonds is 4. The molecule has 1 atom stereocenters. The molecule has 0 unspecified atom stereocenters. The van der Waals surface area contributed by atoms with Crippen LogP contribution < -0.4 is 10.6 Å². The molecule has 1 fully saturated rings. The number of carbonyl (C=O) groups excluding carboxylic acids is 1. The average Bonchev–Trinajstić information content (AvgIpc) is 2.48. The summed E-state index contributed by atoms with van der Waals surface area (Å²) in [4.78, 5) is 14.7. The Morgan fingerprint density at radius 1 is 1.33 bits per heavy atom. The SMILES string of the molecule is Cc1cccc(C(C)(C)C)c1NC(=O)NCC[C@H]1CCCN(C)C1. The molecule has 0 saturated carbocycles. The van der Waals surface area contributed by atoms with E-state index in [1.807, 2.05) is 13.0 Å². The van der Waals surface area contributed by atoms with Crippen molar-refractivity contribution in [2.75, 3.05) is 32.0 Å². The largest absolute Gasteiger partial charge is 0.338 e. The van der Waals surface area contributed by atoms with E-state index < -0.39 is 0 Å². The van der Waals surface area contributed by atoms with Gasteiger partial charge < -0.3 is 15.5 Å². The quantitative estimate of drug-likeness (QED) is 0.870. The predicted molar refractivity (Wildman–Crippen MR) is 102 cm³/mol. The summed E-state index contributed by atoms with van der Waals surface area (Å²) in [5.74, 6) is 0.702. The number of anilines is 1. The van der Waals surface area contributed by atoms with Gasteiger partial charge in [-0.1, -0.05) is 39.0 Å². The maximum absolute atomic E-state index is 12.3. The maximum Gasteiger partial charge on any atom is 0.319 e. The Morgan fingerprint density at radius 3 is 2.75 bits per heavy atom. The molecule has 4 nitrogen and oxygen atoms in total. The fourth-order valence-corrected chi connectivity index (χ4v) is 3.52. The zero-order valence-electron chi connectivity index (χ0n) is 15.9. The number of benzene rings is 1. The third-order valence-corrected chi connectivity index (χ3v) is 4.88. The first-order valence-corrected chi connectivity index (χ1v) is 9.11. The van der Waals surface area contributed by atoms with Gasteiger partial charge in [0.1, 0.15) is 0 Å².